The monoisotopic (exact) mass is 265 g/mol. The largest absolute Gasteiger partial charge is 0.397 e. The first-order valence-corrected chi connectivity index (χ1v) is 4.77. The molecule has 0 aliphatic rings. The standard InChI is InChI=1S/C6HF6NO2S/c7-1-2(8)4(10)6(5(11)3(1)9)13-16(12,14)15/h13H. The topological polar surface area (TPSA) is 46.2 Å². The molecule has 0 atom stereocenters. The van der Waals surface area contributed by atoms with Crippen LogP contribution in [0.1, 0.15) is 0 Å². The van der Waals surface area contributed by atoms with Gasteiger partial charge in [-0.15, -0.1) is 0 Å². The zero-order valence-electron chi connectivity index (χ0n) is 6.99. The maximum Gasteiger partial charge on any atom is 0.397 e. The molecule has 0 radical (unpaired) electrons. The van der Waals surface area contributed by atoms with Crippen LogP contribution in [0.5, 0.6) is 0 Å². The van der Waals surface area contributed by atoms with Crippen molar-refractivity contribution in [3.63, 3.8) is 0 Å². The zero-order valence-corrected chi connectivity index (χ0v) is 7.81. The molecule has 90 valence electrons. The lowest BCUT2D eigenvalue weighted by Gasteiger charge is -2.07. The average molecular weight is 265 g/mol. The highest BCUT2D eigenvalue weighted by atomic mass is 32.3. The SMILES string of the molecule is O=S(=O)(F)Nc1c(F)c(F)c(F)c(F)c1F. The third-order valence-electron chi connectivity index (χ3n) is 1.43. The molecule has 0 amide bonds. The molecule has 10 heteroatoms. The van der Waals surface area contributed by atoms with Gasteiger partial charge in [0.15, 0.2) is 23.3 Å². The van der Waals surface area contributed by atoms with Gasteiger partial charge in [-0.25, -0.2) is 22.0 Å². The predicted octanol–water partition coefficient (Wildman–Crippen LogP) is 2.01. The van der Waals surface area contributed by atoms with E-state index in [2.05, 4.69) is 0 Å². The Labute approximate surface area is 85.0 Å². The van der Waals surface area contributed by atoms with Gasteiger partial charge in [-0.3, -0.25) is 4.72 Å². The van der Waals surface area contributed by atoms with Gasteiger partial charge >= 0.3 is 10.4 Å². The molecule has 1 rings (SSSR count). The Balaban J connectivity index is 3.52. The molecule has 0 saturated heterocycles. The minimum Gasteiger partial charge on any atom is -0.251 e. The minimum absolute atomic E-state index is 0.535. The first-order valence-electron chi connectivity index (χ1n) is 3.39. The number of benzene rings is 1. The lowest BCUT2D eigenvalue weighted by molar-refractivity contribution is 0.382. The smallest absolute Gasteiger partial charge is 0.251 e. The van der Waals surface area contributed by atoms with Crippen LogP contribution in [0.25, 0.3) is 0 Å². The van der Waals surface area contributed by atoms with Crippen molar-refractivity contribution in [2.75, 3.05) is 4.72 Å². The highest BCUT2D eigenvalue weighted by Gasteiger charge is 2.27. The minimum atomic E-state index is -5.65. The molecule has 1 aromatic rings. The number of hydrogen-bond donors (Lipinski definition) is 1. The number of hydrogen-bond acceptors (Lipinski definition) is 2. The third kappa shape index (κ3) is 2.21. The van der Waals surface area contributed by atoms with Gasteiger partial charge in [-0.05, 0) is 0 Å². The van der Waals surface area contributed by atoms with Crippen molar-refractivity contribution in [3.8, 4) is 0 Å². The van der Waals surface area contributed by atoms with Crippen LogP contribution in [-0.4, -0.2) is 8.42 Å². The van der Waals surface area contributed by atoms with E-state index < -0.39 is 45.2 Å². The Morgan fingerprint density at radius 1 is 0.750 bits per heavy atom. The van der Waals surface area contributed by atoms with Crippen LogP contribution in [0.3, 0.4) is 0 Å². The van der Waals surface area contributed by atoms with Crippen LogP contribution in [-0.2, 0) is 10.4 Å². The van der Waals surface area contributed by atoms with Gasteiger partial charge in [-0.1, -0.05) is 3.89 Å². The van der Waals surface area contributed by atoms with E-state index in [1.165, 1.54) is 0 Å². The van der Waals surface area contributed by atoms with E-state index in [-0.39, 0.29) is 0 Å². The summed E-state index contributed by atoms with van der Waals surface area (Å²) in [5, 5.41) is 0. The predicted molar refractivity (Wildman–Crippen MR) is 39.9 cm³/mol. The summed E-state index contributed by atoms with van der Waals surface area (Å²) < 4.78 is 95.2. The molecular weight excluding hydrogens is 264 g/mol. The van der Waals surface area contributed by atoms with E-state index >= 15 is 0 Å². The summed E-state index contributed by atoms with van der Waals surface area (Å²) in [7, 11) is -5.65. The Hall–Kier alpha value is -1.45. The highest BCUT2D eigenvalue weighted by Crippen LogP contribution is 2.27. The maximum atomic E-state index is 12.7. The fourth-order valence-corrected chi connectivity index (χ4v) is 1.24. The quantitative estimate of drug-likeness (QED) is 0.385. The van der Waals surface area contributed by atoms with Crippen molar-refractivity contribution in [2.45, 2.75) is 0 Å². The van der Waals surface area contributed by atoms with Crippen molar-refractivity contribution in [1.82, 2.24) is 0 Å². The summed E-state index contributed by atoms with van der Waals surface area (Å²) in [4.78, 5) is 0. The molecule has 0 aliphatic heterocycles. The van der Waals surface area contributed by atoms with Crippen LogP contribution >= 0.6 is 0 Å². The van der Waals surface area contributed by atoms with Gasteiger partial charge in [0.25, 0.3) is 0 Å². The Morgan fingerprint density at radius 2 is 1.06 bits per heavy atom. The van der Waals surface area contributed by atoms with Crippen LogP contribution < -0.4 is 4.72 Å². The van der Waals surface area contributed by atoms with Crippen molar-refractivity contribution < 1.29 is 34.3 Å². The molecule has 0 saturated carbocycles. The van der Waals surface area contributed by atoms with Crippen LogP contribution in [0.4, 0.5) is 31.5 Å². The molecular formula is C6HF6NO2S. The summed E-state index contributed by atoms with van der Waals surface area (Å²) >= 11 is 0. The van der Waals surface area contributed by atoms with Gasteiger partial charge in [-0.2, -0.15) is 8.42 Å². The summed E-state index contributed by atoms with van der Waals surface area (Å²) in [6.07, 6.45) is 0. The van der Waals surface area contributed by atoms with Crippen LogP contribution in [0.15, 0.2) is 0 Å². The fraction of sp³-hybridized carbons (Fsp3) is 0. The maximum absolute atomic E-state index is 12.7. The molecule has 0 spiro atoms. The lowest BCUT2D eigenvalue weighted by Crippen LogP contribution is -2.13. The molecule has 0 aromatic heterocycles. The number of anilines is 1. The number of halogens is 6. The molecule has 1 aromatic carbocycles. The Morgan fingerprint density at radius 3 is 1.38 bits per heavy atom. The summed E-state index contributed by atoms with van der Waals surface area (Å²) in [6, 6.07) is 0. The molecule has 0 aliphatic carbocycles. The van der Waals surface area contributed by atoms with E-state index in [1.807, 2.05) is 0 Å². The van der Waals surface area contributed by atoms with Crippen LogP contribution in [0, 0.1) is 29.1 Å². The fourth-order valence-electron chi connectivity index (χ4n) is 0.816. The molecule has 0 unspecified atom stereocenters. The Bertz CT molecular complexity index is 513. The summed E-state index contributed by atoms with van der Waals surface area (Å²) in [5.41, 5.74) is -1.97. The van der Waals surface area contributed by atoms with E-state index in [0.29, 0.717) is 4.72 Å². The molecule has 0 bridgehead atoms. The van der Waals surface area contributed by atoms with E-state index in [0.717, 1.165) is 0 Å². The third-order valence-corrected chi connectivity index (χ3v) is 1.88. The van der Waals surface area contributed by atoms with Gasteiger partial charge in [0, 0.05) is 0 Å². The molecule has 0 fully saturated rings. The second-order valence-electron chi connectivity index (χ2n) is 2.48. The van der Waals surface area contributed by atoms with Crippen molar-refractivity contribution >= 4 is 16.1 Å². The number of rotatable bonds is 2. The normalized spacial score (nSPS) is 11.6. The first-order chi connectivity index (χ1) is 7.15. The van der Waals surface area contributed by atoms with Crippen molar-refractivity contribution in [2.24, 2.45) is 0 Å². The summed E-state index contributed by atoms with van der Waals surface area (Å²) in [6.45, 7) is 0. The lowest BCUT2D eigenvalue weighted by atomic mass is 10.2. The molecule has 16 heavy (non-hydrogen) atoms. The van der Waals surface area contributed by atoms with Gasteiger partial charge in [0.05, 0.1) is 0 Å². The van der Waals surface area contributed by atoms with Gasteiger partial charge in [0.1, 0.15) is 5.69 Å². The van der Waals surface area contributed by atoms with Crippen molar-refractivity contribution in [1.29, 1.82) is 0 Å². The molecule has 1 N–H and O–H groups in total. The first kappa shape index (κ1) is 12.6. The van der Waals surface area contributed by atoms with Gasteiger partial charge < -0.3 is 0 Å². The second kappa shape index (κ2) is 3.85. The second-order valence-corrected chi connectivity index (χ2v) is 3.56. The van der Waals surface area contributed by atoms with E-state index in [4.69, 9.17) is 0 Å². The molecule has 3 nitrogen and oxygen atoms in total. The highest BCUT2D eigenvalue weighted by molar-refractivity contribution is 7.87. The Kier molecular flexibility index (Phi) is 3.03. The summed E-state index contributed by atoms with van der Waals surface area (Å²) in [5.74, 6) is -12.2. The van der Waals surface area contributed by atoms with Gasteiger partial charge in [0.2, 0.25) is 5.82 Å². The van der Waals surface area contributed by atoms with E-state index in [9.17, 15) is 34.3 Å². The molecule has 0 heterocycles. The zero-order chi connectivity index (χ0) is 12.7. The number of nitrogens with one attached hydrogen (secondary N) is 1. The van der Waals surface area contributed by atoms with Crippen molar-refractivity contribution in [3.05, 3.63) is 29.1 Å². The average Bonchev–Trinajstić information content (AvgIpc) is 2.17. The van der Waals surface area contributed by atoms with E-state index in [1.54, 1.807) is 0 Å². The van der Waals surface area contributed by atoms with Crippen LogP contribution in [0.2, 0.25) is 0 Å².